The van der Waals surface area contributed by atoms with E-state index in [9.17, 15) is 14.9 Å². The molecule has 3 rings (SSSR count). The Morgan fingerprint density at radius 3 is 2.46 bits per heavy atom. The lowest BCUT2D eigenvalue weighted by atomic mass is 10.0. The van der Waals surface area contributed by atoms with Gasteiger partial charge in [0.05, 0.1) is 11.0 Å². The van der Waals surface area contributed by atoms with Crippen molar-refractivity contribution in [3.05, 3.63) is 34.4 Å². The number of carbonyl (C=O) groups excluding carboxylic acids is 1. The van der Waals surface area contributed by atoms with Crippen molar-refractivity contribution in [2.24, 2.45) is 0 Å². The number of nitrogens with zero attached hydrogens (tertiary/aromatic N) is 2. The first-order valence-corrected chi connectivity index (χ1v) is 8.57. The van der Waals surface area contributed by atoms with Gasteiger partial charge in [0.25, 0.3) is 5.69 Å². The molecule has 2 saturated heterocycles. The highest BCUT2D eigenvalue weighted by atomic mass is 16.6. The van der Waals surface area contributed by atoms with E-state index in [1.54, 1.807) is 12.1 Å². The molecule has 2 heterocycles. The van der Waals surface area contributed by atoms with Gasteiger partial charge in [-0.25, -0.2) is 0 Å². The van der Waals surface area contributed by atoms with Crippen molar-refractivity contribution in [1.82, 2.24) is 10.2 Å². The van der Waals surface area contributed by atoms with Crippen molar-refractivity contribution in [2.75, 3.05) is 19.6 Å². The minimum absolute atomic E-state index is 0.0223. The Kier molecular flexibility index (Phi) is 5.30. The van der Waals surface area contributed by atoms with Gasteiger partial charge >= 0.3 is 0 Å². The molecule has 1 aromatic carbocycles. The van der Waals surface area contributed by atoms with E-state index in [0.29, 0.717) is 18.8 Å². The summed E-state index contributed by atoms with van der Waals surface area (Å²) >= 11 is 0. The number of nitro groups is 1. The summed E-state index contributed by atoms with van der Waals surface area (Å²) in [5.74, 6) is 0.850. The van der Waals surface area contributed by atoms with E-state index in [1.807, 2.05) is 4.90 Å². The maximum Gasteiger partial charge on any atom is 0.269 e. The summed E-state index contributed by atoms with van der Waals surface area (Å²) in [4.78, 5) is 24.6. The van der Waals surface area contributed by atoms with Gasteiger partial charge in [-0.05, 0) is 31.5 Å². The molecular formula is C17H23N3O4. The zero-order chi connectivity index (χ0) is 16.9. The molecule has 0 spiro atoms. The van der Waals surface area contributed by atoms with Gasteiger partial charge in [-0.15, -0.1) is 0 Å². The number of benzene rings is 1. The second-order valence-electron chi connectivity index (χ2n) is 6.40. The first kappa shape index (κ1) is 16.7. The lowest BCUT2D eigenvalue weighted by Gasteiger charge is -2.35. The largest absolute Gasteiger partial charge is 0.490 e. The van der Waals surface area contributed by atoms with Crippen molar-refractivity contribution >= 4 is 11.6 Å². The summed E-state index contributed by atoms with van der Waals surface area (Å²) in [5.41, 5.74) is 0.0581. The highest BCUT2D eigenvalue weighted by Crippen LogP contribution is 2.22. The summed E-state index contributed by atoms with van der Waals surface area (Å²) in [6.45, 7) is 2.33. The Hall–Kier alpha value is -2.15. The third-order valence-electron chi connectivity index (χ3n) is 4.71. The molecule has 0 bridgehead atoms. The highest BCUT2D eigenvalue weighted by molar-refractivity contribution is 5.82. The van der Waals surface area contributed by atoms with Gasteiger partial charge in [-0.2, -0.15) is 0 Å². The van der Waals surface area contributed by atoms with Crippen LogP contribution < -0.4 is 10.1 Å². The van der Waals surface area contributed by atoms with Crippen LogP contribution in [0.4, 0.5) is 5.69 Å². The average Bonchev–Trinajstić information content (AvgIpc) is 2.63. The Labute approximate surface area is 141 Å². The van der Waals surface area contributed by atoms with E-state index in [4.69, 9.17) is 4.74 Å². The molecule has 130 valence electrons. The second kappa shape index (κ2) is 7.61. The van der Waals surface area contributed by atoms with Crippen molar-refractivity contribution in [3.8, 4) is 5.75 Å². The molecule has 0 aromatic heterocycles. The summed E-state index contributed by atoms with van der Waals surface area (Å²) in [6, 6.07) is 6.13. The highest BCUT2D eigenvalue weighted by Gasteiger charge is 2.29. The topological polar surface area (TPSA) is 84.7 Å². The van der Waals surface area contributed by atoms with E-state index in [1.165, 1.54) is 12.1 Å². The fourth-order valence-electron chi connectivity index (χ4n) is 3.32. The summed E-state index contributed by atoms with van der Waals surface area (Å²) in [6.07, 6.45) is 4.82. The average molecular weight is 333 g/mol. The third kappa shape index (κ3) is 4.03. The molecule has 1 atom stereocenters. The van der Waals surface area contributed by atoms with Gasteiger partial charge < -0.3 is 15.0 Å². The number of ether oxygens (including phenoxy) is 1. The number of piperidine rings is 2. The molecule has 2 aliphatic rings. The summed E-state index contributed by atoms with van der Waals surface area (Å²) < 4.78 is 5.89. The van der Waals surface area contributed by atoms with Crippen LogP contribution in [0.1, 0.15) is 32.1 Å². The number of hydrogen-bond donors (Lipinski definition) is 1. The van der Waals surface area contributed by atoms with Crippen molar-refractivity contribution < 1.29 is 14.5 Å². The van der Waals surface area contributed by atoms with Crippen LogP contribution in [0.3, 0.4) is 0 Å². The predicted octanol–water partition coefficient (Wildman–Crippen LogP) is 2.11. The van der Waals surface area contributed by atoms with Gasteiger partial charge in [0, 0.05) is 38.1 Å². The van der Waals surface area contributed by atoms with Crippen LogP contribution in [0.2, 0.25) is 0 Å². The monoisotopic (exact) mass is 333 g/mol. The number of amides is 1. The first-order valence-electron chi connectivity index (χ1n) is 8.57. The normalized spacial score (nSPS) is 22.2. The van der Waals surface area contributed by atoms with E-state index < -0.39 is 4.92 Å². The maximum absolute atomic E-state index is 12.5. The molecule has 1 aromatic rings. The van der Waals surface area contributed by atoms with Crippen molar-refractivity contribution in [2.45, 2.75) is 44.2 Å². The Balaban J connectivity index is 1.48. The fourth-order valence-corrected chi connectivity index (χ4v) is 3.32. The zero-order valence-corrected chi connectivity index (χ0v) is 13.6. The number of likely N-dealkylation sites (tertiary alicyclic amines) is 1. The number of hydrogen-bond acceptors (Lipinski definition) is 5. The van der Waals surface area contributed by atoms with Gasteiger partial charge in [-0.1, -0.05) is 6.42 Å². The predicted molar refractivity (Wildman–Crippen MR) is 89.0 cm³/mol. The van der Waals surface area contributed by atoms with E-state index in [0.717, 1.165) is 38.6 Å². The first-order chi connectivity index (χ1) is 11.6. The Morgan fingerprint density at radius 2 is 1.88 bits per heavy atom. The maximum atomic E-state index is 12.5. The van der Waals surface area contributed by atoms with Crippen molar-refractivity contribution in [1.29, 1.82) is 0 Å². The lowest BCUT2D eigenvalue weighted by molar-refractivity contribution is -0.384. The molecule has 7 heteroatoms. The van der Waals surface area contributed by atoms with Gasteiger partial charge in [0.2, 0.25) is 5.91 Å². The smallest absolute Gasteiger partial charge is 0.269 e. The lowest BCUT2D eigenvalue weighted by Crippen LogP contribution is -2.51. The standard InChI is InChI=1S/C17H23N3O4/c21-17(16-3-1-2-10-18-16)19-11-8-15(9-12-19)24-14-6-4-13(5-7-14)20(22)23/h4-7,15-16,18H,1-3,8-12H2. The van der Waals surface area contributed by atoms with Crippen LogP contribution in [-0.2, 0) is 4.79 Å². The molecule has 0 radical (unpaired) electrons. The van der Waals surface area contributed by atoms with E-state index in [2.05, 4.69) is 5.32 Å². The molecule has 2 fully saturated rings. The number of rotatable bonds is 4. The van der Waals surface area contributed by atoms with Gasteiger partial charge in [0.15, 0.2) is 0 Å². The molecule has 24 heavy (non-hydrogen) atoms. The van der Waals surface area contributed by atoms with E-state index in [-0.39, 0.29) is 23.7 Å². The minimum Gasteiger partial charge on any atom is -0.490 e. The third-order valence-corrected chi connectivity index (χ3v) is 4.71. The minimum atomic E-state index is -0.423. The number of nitrogens with one attached hydrogen (secondary N) is 1. The van der Waals surface area contributed by atoms with E-state index >= 15 is 0 Å². The molecular weight excluding hydrogens is 310 g/mol. The summed E-state index contributed by atoms with van der Waals surface area (Å²) in [5, 5.41) is 14.0. The number of carbonyl (C=O) groups is 1. The number of non-ortho nitro benzene ring substituents is 1. The molecule has 0 aliphatic carbocycles. The van der Waals surface area contributed by atoms with Crippen LogP contribution in [-0.4, -0.2) is 47.5 Å². The van der Waals surface area contributed by atoms with Crippen LogP contribution in [0.25, 0.3) is 0 Å². The van der Waals surface area contributed by atoms with Gasteiger partial charge in [0.1, 0.15) is 11.9 Å². The molecule has 1 unspecified atom stereocenters. The Bertz CT molecular complexity index is 576. The van der Waals surface area contributed by atoms with Crippen LogP contribution in [0.5, 0.6) is 5.75 Å². The molecule has 1 N–H and O–H groups in total. The van der Waals surface area contributed by atoms with Crippen molar-refractivity contribution in [3.63, 3.8) is 0 Å². The zero-order valence-electron chi connectivity index (χ0n) is 13.6. The molecule has 0 saturated carbocycles. The molecule has 1 amide bonds. The Morgan fingerprint density at radius 1 is 1.17 bits per heavy atom. The van der Waals surface area contributed by atoms with Crippen LogP contribution >= 0.6 is 0 Å². The van der Waals surface area contributed by atoms with Crippen LogP contribution in [0.15, 0.2) is 24.3 Å². The fraction of sp³-hybridized carbons (Fsp3) is 0.588. The van der Waals surface area contributed by atoms with Gasteiger partial charge in [-0.3, -0.25) is 14.9 Å². The molecule has 7 nitrogen and oxygen atoms in total. The molecule has 2 aliphatic heterocycles. The SMILES string of the molecule is O=C(C1CCCCN1)N1CCC(Oc2ccc([N+](=O)[O-])cc2)CC1. The quantitative estimate of drug-likeness (QED) is 0.674. The number of nitro benzene ring substituents is 1. The second-order valence-corrected chi connectivity index (χ2v) is 6.40. The summed E-state index contributed by atoms with van der Waals surface area (Å²) in [7, 11) is 0. The van der Waals surface area contributed by atoms with Crippen LogP contribution in [0, 0.1) is 10.1 Å².